The second-order valence-corrected chi connectivity index (χ2v) is 4.50. The summed E-state index contributed by atoms with van der Waals surface area (Å²) >= 11 is 0. The molecule has 4 nitrogen and oxygen atoms in total. The molecule has 2 heterocycles. The molecule has 0 saturated carbocycles. The number of carbonyl (C=O) groups excluding carboxylic acids is 1. The SMILES string of the molecule is O=CN1CCC(CN2CCOCC2)CC1. The van der Waals surface area contributed by atoms with Crippen molar-refractivity contribution in [2.75, 3.05) is 45.9 Å². The fourth-order valence-electron chi connectivity index (χ4n) is 2.39. The molecule has 2 aliphatic heterocycles. The smallest absolute Gasteiger partial charge is 0.209 e. The molecule has 2 aliphatic rings. The van der Waals surface area contributed by atoms with Gasteiger partial charge in [-0.1, -0.05) is 0 Å². The zero-order chi connectivity index (χ0) is 10.5. The van der Waals surface area contributed by atoms with Gasteiger partial charge < -0.3 is 9.64 Å². The van der Waals surface area contributed by atoms with E-state index in [0.717, 1.165) is 64.6 Å². The lowest BCUT2D eigenvalue weighted by Gasteiger charge is -2.34. The van der Waals surface area contributed by atoms with Crippen LogP contribution in [-0.4, -0.2) is 62.1 Å². The largest absolute Gasteiger partial charge is 0.379 e. The molecule has 15 heavy (non-hydrogen) atoms. The quantitative estimate of drug-likeness (QED) is 0.626. The third kappa shape index (κ3) is 3.18. The highest BCUT2D eigenvalue weighted by Crippen LogP contribution is 2.17. The number of ether oxygens (including phenoxy) is 1. The summed E-state index contributed by atoms with van der Waals surface area (Å²) in [7, 11) is 0. The van der Waals surface area contributed by atoms with Gasteiger partial charge in [-0.2, -0.15) is 0 Å². The van der Waals surface area contributed by atoms with E-state index in [9.17, 15) is 4.79 Å². The van der Waals surface area contributed by atoms with E-state index >= 15 is 0 Å². The fourth-order valence-corrected chi connectivity index (χ4v) is 2.39. The molecule has 0 atom stereocenters. The molecule has 2 fully saturated rings. The van der Waals surface area contributed by atoms with Crippen LogP contribution >= 0.6 is 0 Å². The van der Waals surface area contributed by atoms with E-state index in [4.69, 9.17) is 4.74 Å². The number of hydrogen-bond acceptors (Lipinski definition) is 3. The maximum Gasteiger partial charge on any atom is 0.209 e. The van der Waals surface area contributed by atoms with Gasteiger partial charge in [0.15, 0.2) is 0 Å². The molecule has 2 saturated heterocycles. The standard InChI is InChI=1S/C11H20N2O2/c14-10-13-3-1-11(2-4-13)9-12-5-7-15-8-6-12/h10-11H,1-9H2. The maximum atomic E-state index is 10.6. The summed E-state index contributed by atoms with van der Waals surface area (Å²) < 4.78 is 5.33. The van der Waals surface area contributed by atoms with Crippen molar-refractivity contribution in [3.8, 4) is 0 Å². The third-order valence-electron chi connectivity index (χ3n) is 3.42. The molecule has 4 heteroatoms. The first-order valence-corrected chi connectivity index (χ1v) is 5.88. The van der Waals surface area contributed by atoms with E-state index in [0.29, 0.717) is 0 Å². The second-order valence-electron chi connectivity index (χ2n) is 4.50. The molecular formula is C11H20N2O2. The Labute approximate surface area is 91.2 Å². The molecule has 0 radical (unpaired) electrons. The van der Waals surface area contributed by atoms with Crippen LogP contribution in [0.4, 0.5) is 0 Å². The van der Waals surface area contributed by atoms with Crippen molar-refractivity contribution < 1.29 is 9.53 Å². The summed E-state index contributed by atoms with van der Waals surface area (Å²) in [6.07, 6.45) is 3.30. The molecule has 0 spiro atoms. The summed E-state index contributed by atoms with van der Waals surface area (Å²) in [5.41, 5.74) is 0. The van der Waals surface area contributed by atoms with E-state index in [1.165, 1.54) is 6.54 Å². The molecule has 0 N–H and O–H groups in total. The van der Waals surface area contributed by atoms with Crippen LogP contribution in [0.5, 0.6) is 0 Å². The number of nitrogens with zero attached hydrogens (tertiary/aromatic N) is 2. The first-order valence-electron chi connectivity index (χ1n) is 5.88. The summed E-state index contributed by atoms with van der Waals surface area (Å²) in [5.74, 6) is 0.777. The maximum absolute atomic E-state index is 10.6. The van der Waals surface area contributed by atoms with Gasteiger partial charge in [-0.15, -0.1) is 0 Å². The van der Waals surface area contributed by atoms with Crippen molar-refractivity contribution in [3.05, 3.63) is 0 Å². The molecule has 0 aromatic carbocycles. The fraction of sp³-hybridized carbons (Fsp3) is 0.909. The highest BCUT2D eigenvalue weighted by atomic mass is 16.5. The van der Waals surface area contributed by atoms with Crippen molar-refractivity contribution in [3.63, 3.8) is 0 Å². The van der Waals surface area contributed by atoms with E-state index < -0.39 is 0 Å². The molecule has 0 aromatic heterocycles. The Morgan fingerprint density at radius 3 is 2.40 bits per heavy atom. The highest BCUT2D eigenvalue weighted by Gasteiger charge is 2.21. The summed E-state index contributed by atoms with van der Waals surface area (Å²) in [5, 5.41) is 0. The van der Waals surface area contributed by atoms with E-state index in [1.807, 2.05) is 4.90 Å². The minimum absolute atomic E-state index is 0.777. The van der Waals surface area contributed by atoms with Gasteiger partial charge >= 0.3 is 0 Å². The minimum atomic E-state index is 0.777. The van der Waals surface area contributed by atoms with Crippen LogP contribution in [0.25, 0.3) is 0 Å². The Kier molecular flexibility index (Phi) is 3.97. The molecule has 0 aliphatic carbocycles. The van der Waals surface area contributed by atoms with E-state index in [-0.39, 0.29) is 0 Å². The van der Waals surface area contributed by atoms with Gasteiger partial charge in [-0.3, -0.25) is 9.69 Å². The number of carbonyl (C=O) groups is 1. The lowest BCUT2D eigenvalue weighted by molar-refractivity contribution is -0.119. The molecule has 0 aromatic rings. The highest BCUT2D eigenvalue weighted by molar-refractivity contribution is 5.47. The van der Waals surface area contributed by atoms with Gasteiger partial charge in [0.25, 0.3) is 0 Å². The number of amides is 1. The molecule has 0 unspecified atom stereocenters. The molecule has 0 bridgehead atoms. The average Bonchev–Trinajstić information content (AvgIpc) is 2.31. The first kappa shape index (κ1) is 10.9. The lowest BCUT2D eigenvalue weighted by atomic mass is 9.96. The Morgan fingerprint density at radius 2 is 1.80 bits per heavy atom. The number of hydrogen-bond donors (Lipinski definition) is 0. The van der Waals surface area contributed by atoms with Crippen LogP contribution in [0, 0.1) is 5.92 Å². The van der Waals surface area contributed by atoms with Crippen molar-refractivity contribution in [1.29, 1.82) is 0 Å². The van der Waals surface area contributed by atoms with Crippen LogP contribution in [0.2, 0.25) is 0 Å². The van der Waals surface area contributed by atoms with Crippen molar-refractivity contribution in [2.24, 2.45) is 5.92 Å². The molecule has 86 valence electrons. The number of rotatable bonds is 3. The Morgan fingerprint density at radius 1 is 1.13 bits per heavy atom. The summed E-state index contributed by atoms with van der Waals surface area (Å²) in [4.78, 5) is 14.9. The monoisotopic (exact) mass is 212 g/mol. The molecular weight excluding hydrogens is 192 g/mol. The van der Waals surface area contributed by atoms with Gasteiger partial charge in [0, 0.05) is 32.7 Å². The second kappa shape index (κ2) is 5.47. The van der Waals surface area contributed by atoms with Crippen molar-refractivity contribution in [2.45, 2.75) is 12.8 Å². The Bertz CT molecular complexity index is 197. The number of morpholine rings is 1. The van der Waals surface area contributed by atoms with Gasteiger partial charge in [0.2, 0.25) is 6.41 Å². The summed E-state index contributed by atoms with van der Waals surface area (Å²) in [6.45, 7) is 7.00. The van der Waals surface area contributed by atoms with Crippen LogP contribution in [0.15, 0.2) is 0 Å². The normalized spacial score (nSPS) is 25.5. The summed E-state index contributed by atoms with van der Waals surface area (Å²) in [6, 6.07) is 0. The van der Waals surface area contributed by atoms with E-state index in [1.54, 1.807) is 0 Å². The predicted molar refractivity (Wildman–Crippen MR) is 57.6 cm³/mol. The van der Waals surface area contributed by atoms with Crippen LogP contribution in [0.3, 0.4) is 0 Å². The van der Waals surface area contributed by atoms with Gasteiger partial charge in [-0.25, -0.2) is 0 Å². The van der Waals surface area contributed by atoms with Crippen LogP contribution < -0.4 is 0 Å². The number of piperidine rings is 1. The zero-order valence-electron chi connectivity index (χ0n) is 9.23. The van der Waals surface area contributed by atoms with Gasteiger partial charge in [0.05, 0.1) is 13.2 Å². The average molecular weight is 212 g/mol. The Hall–Kier alpha value is -0.610. The van der Waals surface area contributed by atoms with Crippen molar-refractivity contribution >= 4 is 6.41 Å². The number of likely N-dealkylation sites (tertiary alicyclic amines) is 1. The van der Waals surface area contributed by atoms with Crippen molar-refractivity contribution in [1.82, 2.24) is 9.80 Å². The molecule has 1 amide bonds. The topological polar surface area (TPSA) is 32.8 Å². The lowest BCUT2D eigenvalue weighted by Crippen LogP contribution is -2.42. The third-order valence-corrected chi connectivity index (χ3v) is 3.42. The predicted octanol–water partition coefficient (Wildman–Crippen LogP) is 0.187. The van der Waals surface area contributed by atoms with Crippen LogP contribution in [-0.2, 0) is 9.53 Å². The van der Waals surface area contributed by atoms with Gasteiger partial charge in [0.1, 0.15) is 0 Å². The zero-order valence-corrected chi connectivity index (χ0v) is 9.23. The van der Waals surface area contributed by atoms with E-state index in [2.05, 4.69) is 4.90 Å². The van der Waals surface area contributed by atoms with Gasteiger partial charge in [-0.05, 0) is 18.8 Å². The molecule has 2 rings (SSSR count). The van der Waals surface area contributed by atoms with Crippen LogP contribution in [0.1, 0.15) is 12.8 Å². The Balaban J connectivity index is 1.69. The first-order chi connectivity index (χ1) is 7.38. The minimum Gasteiger partial charge on any atom is -0.379 e.